The molecule has 7 heteroatoms. The van der Waals surface area contributed by atoms with Crippen molar-refractivity contribution in [3.05, 3.63) is 12.1 Å². The number of nitrogens with two attached hydrogens (primary N) is 1. The first-order valence-electron chi connectivity index (χ1n) is 5.29. The normalized spacial score (nSPS) is 11.1. The highest BCUT2D eigenvalue weighted by atomic mass is 32.2. The van der Waals surface area contributed by atoms with Gasteiger partial charge in [-0.15, -0.1) is 6.42 Å². The van der Waals surface area contributed by atoms with Gasteiger partial charge in [-0.25, -0.2) is 8.42 Å². The number of nitrogen functional groups attached to an aromatic ring is 1. The molecule has 0 radical (unpaired) electrons. The van der Waals surface area contributed by atoms with Crippen LogP contribution in [0.15, 0.2) is 17.0 Å². The molecule has 2 N–H and O–H groups in total. The lowest BCUT2D eigenvalue weighted by atomic mass is 10.3. The maximum atomic E-state index is 12.3. The molecule has 19 heavy (non-hydrogen) atoms. The van der Waals surface area contributed by atoms with E-state index < -0.39 is 10.0 Å². The maximum Gasteiger partial charge on any atom is 0.247 e. The maximum absolute atomic E-state index is 12.3. The summed E-state index contributed by atoms with van der Waals surface area (Å²) in [7, 11) is 0.423. The van der Waals surface area contributed by atoms with Crippen LogP contribution in [-0.2, 0) is 10.0 Å². The van der Waals surface area contributed by atoms with Crippen LogP contribution in [0.2, 0.25) is 0 Å². The molecule has 0 bridgehead atoms. The van der Waals surface area contributed by atoms with Crippen LogP contribution < -0.4 is 15.2 Å². The predicted octanol–water partition coefficient (Wildman–Crippen LogP) is 0.540. The van der Waals surface area contributed by atoms with Crippen molar-refractivity contribution in [1.29, 1.82) is 0 Å². The summed E-state index contributed by atoms with van der Waals surface area (Å²) in [5.41, 5.74) is 5.93. The van der Waals surface area contributed by atoms with Gasteiger partial charge in [0, 0.05) is 13.1 Å². The Balaban J connectivity index is 3.42. The van der Waals surface area contributed by atoms with Gasteiger partial charge in [0.15, 0.2) is 0 Å². The third kappa shape index (κ3) is 2.92. The largest absolute Gasteiger partial charge is 0.495 e. The monoisotopic (exact) mass is 284 g/mol. The van der Waals surface area contributed by atoms with E-state index in [2.05, 4.69) is 5.92 Å². The van der Waals surface area contributed by atoms with Crippen molar-refractivity contribution in [3.8, 4) is 23.8 Å². The van der Waals surface area contributed by atoms with Gasteiger partial charge in [0.25, 0.3) is 0 Å². The molecule has 0 atom stereocenters. The molecule has 0 saturated carbocycles. The molecule has 0 aliphatic rings. The zero-order valence-electron chi connectivity index (χ0n) is 11.0. The molecule has 1 aromatic rings. The summed E-state index contributed by atoms with van der Waals surface area (Å²) < 4.78 is 35.7. The molecule has 1 aromatic carbocycles. The quantitative estimate of drug-likeness (QED) is 0.630. The zero-order valence-corrected chi connectivity index (χ0v) is 11.8. The van der Waals surface area contributed by atoms with Gasteiger partial charge in [0.1, 0.15) is 16.4 Å². The molecule has 0 aromatic heterocycles. The van der Waals surface area contributed by atoms with E-state index in [9.17, 15) is 8.42 Å². The smallest absolute Gasteiger partial charge is 0.247 e. The van der Waals surface area contributed by atoms with Crippen LogP contribution in [0.1, 0.15) is 0 Å². The Hall–Kier alpha value is -1.91. The van der Waals surface area contributed by atoms with Gasteiger partial charge in [0.05, 0.1) is 26.5 Å². The van der Waals surface area contributed by atoms with Crippen molar-refractivity contribution < 1.29 is 17.9 Å². The topological polar surface area (TPSA) is 81.9 Å². The number of methoxy groups -OCH3 is 2. The van der Waals surface area contributed by atoms with Crippen LogP contribution in [0.3, 0.4) is 0 Å². The number of anilines is 1. The standard InChI is InChI=1S/C12H16N2O4S/c1-5-6-14(2)19(15,16)12-7-9(13)10(17-3)8-11(12)18-4/h1,7-8H,6,13H2,2-4H3. The Morgan fingerprint density at radius 3 is 2.37 bits per heavy atom. The molecule has 6 nitrogen and oxygen atoms in total. The highest BCUT2D eigenvalue weighted by Gasteiger charge is 2.25. The van der Waals surface area contributed by atoms with Crippen molar-refractivity contribution in [3.63, 3.8) is 0 Å². The Morgan fingerprint density at radius 2 is 1.89 bits per heavy atom. The van der Waals surface area contributed by atoms with Gasteiger partial charge in [-0.05, 0) is 6.07 Å². The van der Waals surface area contributed by atoms with E-state index in [1.807, 2.05) is 0 Å². The van der Waals surface area contributed by atoms with E-state index in [-0.39, 0.29) is 22.9 Å². The third-order valence-electron chi connectivity index (χ3n) is 2.52. The van der Waals surface area contributed by atoms with Crippen molar-refractivity contribution in [2.75, 3.05) is 33.5 Å². The summed E-state index contributed by atoms with van der Waals surface area (Å²) in [6, 6.07) is 2.71. The van der Waals surface area contributed by atoms with Gasteiger partial charge >= 0.3 is 0 Å². The van der Waals surface area contributed by atoms with Crippen molar-refractivity contribution in [2.24, 2.45) is 0 Å². The van der Waals surface area contributed by atoms with Gasteiger partial charge < -0.3 is 15.2 Å². The summed E-state index contributed by atoms with van der Waals surface area (Å²) in [6.07, 6.45) is 5.12. The molecular formula is C12H16N2O4S. The second-order valence-electron chi connectivity index (χ2n) is 3.71. The van der Waals surface area contributed by atoms with E-state index >= 15 is 0 Å². The molecule has 0 spiro atoms. The average molecular weight is 284 g/mol. The number of benzene rings is 1. The van der Waals surface area contributed by atoms with Gasteiger partial charge in [0.2, 0.25) is 10.0 Å². The van der Waals surface area contributed by atoms with Crippen LogP contribution in [0, 0.1) is 12.3 Å². The fourth-order valence-corrected chi connectivity index (χ4v) is 2.73. The van der Waals surface area contributed by atoms with Gasteiger partial charge in [-0.1, -0.05) is 5.92 Å². The molecule has 0 heterocycles. The van der Waals surface area contributed by atoms with E-state index in [1.54, 1.807) is 0 Å². The first kappa shape index (κ1) is 15.1. The summed E-state index contributed by atoms with van der Waals surface area (Å²) in [5.74, 6) is 2.76. The third-order valence-corrected chi connectivity index (χ3v) is 4.34. The van der Waals surface area contributed by atoms with Crippen LogP contribution in [-0.4, -0.2) is 40.5 Å². The minimum absolute atomic E-state index is 0.0442. The summed E-state index contributed by atoms with van der Waals surface area (Å²) in [4.78, 5) is -0.0500. The first-order chi connectivity index (χ1) is 8.88. The average Bonchev–Trinajstić information content (AvgIpc) is 2.38. The van der Waals surface area contributed by atoms with E-state index in [0.717, 1.165) is 4.31 Å². The van der Waals surface area contributed by atoms with E-state index in [4.69, 9.17) is 21.6 Å². The summed E-state index contributed by atoms with van der Waals surface area (Å²) in [5, 5.41) is 0. The van der Waals surface area contributed by atoms with E-state index in [0.29, 0.717) is 5.75 Å². The van der Waals surface area contributed by atoms with Gasteiger partial charge in [-0.3, -0.25) is 0 Å². The predicted molar refractivity (Wildman–Crippen MR) is 72.6 cm³/mol. The number of ether oxygens (including phenoxy) is 2. The second-order valence-corrected chi connectivity index (χ2v) is 5.72. The lowest BCUT2D eigenvalue weighted by molar-refractivity contribution is 0.385. The number of terminal acetylenes is 1. The molecule has 0 amide bonds. The Labute approximate surface area is 113 Å². The summed E-state index contributed by atoms with van der Waals surface area (Å²) in [6.45, 7) is -0.0442. The Morgan fingerprint density at radius 1 is 1.32 bits per heavy atom. The minimum Gasteiger partial charge on any atom is -0.495 e. The number of rotatable bonds is 5. The SMILES string of the molecule is C#CCN(C)S(=O)(=O)c1cc(N)c(OC)cc1OC. The zero-order chi connectivity index (χ0) is 14.6. The van der Waals surface area contributed by atoms with E-state index in [1.165, 1.54) is 33.4 Å². The highest BCUT2D eigenvalue weighted by molar-refractivity contribution is 7.89. The fraction of sp³-hybridized carbons (Fsp3) is 0.333. The highest BCUT2D eigenvalue weighted by Crippen LogP contribution is 2.34. The fourth-order valence-electron chi connectivity index (χ4n) is 1.48. The summed E-state index contributed by atoms with van der Waals surface area (Å²) >= 11 is 0. The van der Waals surface area contributed by atoms with Gasteiger partial charge in [-0.2, -0.15) is 4.31 Å². The first-order valence-corrected chi connectivity index (χ1v) is 6.73. The van der Waals surface area contributed by atoms with Crippen LogP contribution >= 0.6 is 0 Å². The number of hydrogen-bond acceptors (Lipinski definition) is 5. The molecule has 0 aliphatic heterocycles. The van der Waals surface area contributed by atoms with Crippen LogP contribution in [0.25, 0.3) is 0 Å². The van der Waals surface area contributed by atoms with Crippen molar-refractivity contribution in [2.45, 2.75) is 4.90 Å². The molecular weight excluding hydrogens is 268 g/mol. The molecule has 0 unspecified atom stereocenters. The molecule has 0 aliphatic carbocycles. The lowest BCUT2D eigenvalue weighted by Crippen LogP contribution is -2.27. The Bertz CT molecular complexity index is 605. The minimum atomic E-state index is -3.76. The molecule has 0 fully saturated rings. The number of sulfonamides is 1. The molecule has 0 saturated heterocycles. The number of hydrogen-bond donors (Lipinski definition) is 1. The molecule has 1 rings (SSSR count). The lowest BCUT2D eigenvalue weighted by Gasteiger charge is -2.18. The molecule has 104 valence electrons. The number of nitrogens with zero attached hydrogens (tertiary/aromatic N) is 1. The van der Waals surface area contributed by atoms with Crippen molar-refractivity contribution in [1.82, 2.24) is 4.31 Å². The Kier molecular flexibility index (Phi) is 4.64. The van der Waals surface area contributed by atoms with Crippen molar-refractivity contribution >= 4 is 15.7 Å². The van der Waals surface area contributed by atoms with Crippen LogP contribution in [0.5, 0.6) is 11.5 Å². The second kappa shape index (κ2) is 5.82. The van der Waals surface area contributed by atoms with Crippen LogP contribution in [0.4, 0.5) is 5.69 Å².